The maximum atomic E-state index is 12.8. The molecule has 1 saturated carbocycles. The van der Waals surface area contributed by atoms with Gasteiger partial charge in [0.25, 0.3) is 0 Å². The molecule has 1 aliphatic carbocycles. The van der Waals surface area contributed by atoms with Crippen LogP contribution in [-0.4, -0.2) is 17.0 Å². The third-order valence-electron chi connectivity index (χ3n) is 4.24. The molecule has 0 saturated heterocycles. The number of carbonyl (C=O) groups is 1. The van der Waals surface area contributed by atoms with Crippen molar-refractivity contribution in [3.05, 3.63) is 52.4 Å². The molecule has 23 heavy (non-hydrogen) atoms. The Bertz CT molecular complexity index is 660. The Morgan fingerprint density at radius 2 is 1.91 bits per heavy atom. The van der Waals surface area contributed by atoms with E-state index >= 15 is 0 Å². The summed E-state index contributed by atoms with van der Waals surface area (Å²) in [5.41, 5.74) is 0.803. The zero-order chi connectivity index (χ0) is 16.2. The summed E-state index contributed by atoms with van der Waals surface area (Å²) in [7, 11) is 0. The van der Waals surface area contributed by atoms with Crippen molar-refractivity contribution >= 4 is 27.6 Å². The largest absolute Gasteiger partial charge is 0.464 e. The van der Waals surface area contributed by atoms with E-state index in [1.165, 1.54) is 12.8 Å². The molecule has 122 valence electrons. The highest BCUT2D eigenvalue weighted by atomic mass is 79.9. The summed E-state index contributed by atoms with van der Waals surface area (Å²) in [6.45, 7) is 2.44. The Morgan fingerprint density at radius 3 is 2.52 bits per heavy atom. The van der Waals surface area contributed by atoms with Gasteiger partial charge in [0.1, 0.15) is 11.5 Å². The van der Waals surface area contributed by atoms with Crippen molar-refractivity contribution in [3.8, 4) is 0 Å². The number of nitrogens with zero attached hydrogens (tertiary/aromatic N) is 1. The number of nitrogens with one attached hydrogen (secondary N) is 1. The predicted octanol–water partition coefficient (Wildman–Crippen LogP) is 5.33. The number of halogens is 1. The van der Waals surface area contributed by atoms with E-state index in [0.29, 0.717) is 6.54 Å². The Kier molecular flexibility index (Phi) is 5.06. The van der Waals surface area contributed by atoms with Crippen LogP contribution in [0.5, 0.6) is 0 Å². The van der Waals surface area contributed by atoms with Gasteiger partial charge < -0.3 is 14.6 Å². The molecule has 0 aliphatic heterocycles. The number of anilines is 1. The average molecular weight is 377 g/mol. The molecule has 0 bridgehead atoms. The van der Waals surface area contributed by atoms with Crippen LogP contribution in [0.2, 0.25) is 0 Å². The lowest BCUT2D eigenvalue weighted by Crippen LogP contribution is -2.41. The zero-order valence-electron chi connectivity index (χ0n) is 13.2. The van der Waals surface area contributed by atoms with Gasteiger partial charge in [0.2, 0.25) is 0 Å². The fourth-order valence-corrected chi connectivity index (χ4v) is 3.31. The van der Waals surface area contributed by atoms with Crippen LogP contribution in [-0.2, 0) is 6.54 Å². The summed E-state index contributed by atoms with van der Waals surface area (Å²) in [6, 6.07) is 11.7. The van der Waals surface area contributed by atoms with Crippen molar-refractivity contribution in [3.63, 3.8) is 0 Å². The average Bonchev–Trinajstić information content (AvgIpc) is 3.18. The lowest BCUT2D eigenvalue weighted by molar-refractivity contribution is 0.178. The van der Waals surface area contributed by atoms with Gasteiger partial charge in [0.15, 0.2) is 0 Å². The SMILES string of the molecule is Cc1ccc(CN(C(=O)Nc2ccc(Br)cc2)C2CCCC2)o1. The van der Waals surface area contributed by atoms with Crippen LogP contribution in [0.15, 0.2) is 45.3 Å². The molecule has 0 unspecified atom stereocenters. The molecule has 1 aromatic carbocycles. The molecule has 4 nitrogen and oxygen atoms in total. The van der Waals surface area contributed by atoms with E-state index in [2.05, 4.69) is 21.2 Å². The predicted molar refractivity (Wildman–Crippen MR) is 94.4 cm³/mol. The van der Waals surface area contributed by atoms with E-state index in [1.54, 1.807) is 0 Å². The molecule has 1 aromatic heterocycles. The number of hydrogen-bond donors (Lipinski definition) is 1. The fourth-order valence-electron chi connectivity index (χ4n) is 3.05. The molecular formula is C18H21BrN2O2. The molecule has 0 spiro atoms. The lowest BCUT2D eigenvalue weighted by atomic mass is 10.2. The van der Waals surface area contributed by atoms with Crippen LogP contribution < -0.4 is 5.32 Å². The van der Waals surface area contributed by atoms with Crippen molar-refractivity contribution in [1.82, 2.24) is 4.90 Å². The normalized spacial score (nSPS) is 14.9. The highest BCUT2D eigenvalue weighted by molar-refractivity contribution is 9.10. The van der Waals surface area contributed by atoms with E-state index in [-0.39, 0.29) is 12.1 Å². The Balaban J connectivity index is 1.73. The molecule has 3 rings (SSSR count). The van der Waals surface area contributed by atoms with Crippen LogP contribution in [0.25, 0.3) is 0 Å². The van der Waals surface area contributed by atoms with Crippen molar-refractivity contribution in [2.75, 3.05) is 5.32 Å². The first-order chi connectivity index (χ1) is 11.1. The van der Waals surface area contributed by atoms with Gasteiger partial charge in [-0.15, -0.1) is 0 Å². The Labute approximate surface area is 145 Å². The first-order valence-electron chi connectivity index (χ1n) is 8.00. The molecule has 2 amide bonds. The quantitative estimate of drug-likeness (QED) is 0.783. The Hall–Kier alpha value is -1.75. The molecule has 0 atom stereocenters. The van der Waals surface area contributed by atoms with Crippen LogP contribution in [0.3, 0.4) is 0 Å². The number of rotatable bonds is 4. The maximum Gasteiger partial charge on any atom is 0.322 e. The van der Waals surface area contributed by atoms with Gasteiger partial charge in [0.05, 0.1) is 6.54 Å². The first kappa shape index (κ1) is 16.1. The second-order valence-electron chi connectivity index (χ2n) is 6.02. The fraction of sp³-hybridized carbons (Fsp3) is 0.389. The van der Waals surface area contributed by atoms with Gasteiger partial charge in [-0.3, -0.25) is 0 Å². The number of amides is 2. The summed E-state index contributed by atoms with van der Waals surface area (Å²) in [4.78, 5) is 14.7. The smallest absolute Gasteiger partial charge is 0.322 e. The third kappa shape index (κ3) is 4.16. The van der Waals surface area contributed by atoms with Gasteiger partial charge in [-0.25, -0.2) is 4.79 Å². The topological polar surface area (TPSA) is 45.5 Å². The summed E-state index contributed by atoms with van der Waals surface area (Å²) in [5.74, 6) is 1.71. The number of carbonyl (C=O) groups excluding carboxylic acids is 1. The van der Waals surface area contributed by atoms with Gasteiger partial charge >= 0.3 is 6.03 Å². The van der Waals surface area contributed by atoms with E-state index in [9.17, 15) is 4.79 Å². The second-order valence-corrected chi connectivity index (χ2v) is 6.93. The van der Waals surface area contributed by atoms with E-state index < -0.39 is 0 Å². The summed E-state index contributed by atoms with van der Waals surface area (Å²) < 4.78 is 6.66. The van der Waals surface area contributed by atoms with E-state index in [4.69, 9.17) is 4.42 Å². The van der Waals surface area contributed by atoms with Gasteiger partial charge in [-0.2, -0.15) is 0 Å². The summed E-state index contributed by atoms with van der Waals surface area (Å²) in [5, 5.41) is 3.00. The van der Waals surface area contributed by atoms with E-state index in [1.807, 2.05) is 48.2 Å². The first-order valence-corrected chi connectivity index (χ1v) is 8.79. The maximum absolute atomic E-state index is 12.8. The minimum atomic E-state index is -0.0618. The number of urea groups is 1. The van der Waals surface area contributed by atoms with Crippen LogP contribution in [0.4, 0.5) is 10.5 Å². The van der Waals surface area contributed by atoms with Crippen LogP contribution in [0, 0.1) is 6.92 Å². The monoisotopic (exact) mass is 376 g/mol. The molecule has 2 aromatic rings. The van der Waals surface area contributed by atoms with Crippen molar-refractivity contribution in [1.29, 1.82) is 0 Å². The standard InChI is InChI=1S/C18H21BrN2O2/c1-13-6-11-17(23-13)12-21(16-4-2-3-5-16)18(22)20-15-9-7-14(19)8-10-15/h6-11,16H,2-5,12H2,1H3,(H,20,22). The number of benzene rings is 1. The Morgan fingerprint density at radius 1 is 1.22 bits per heavy atom. The molecule has 1 N–H and O–H groups in total. The minimum absolute atomic E-state index is 0.0618. The summed E-state index contributed by atoms with van der Waals surface area (Å²) >= 11 is 3.41. The molecule has 1 fully saturated rings. The highest BCUT2D eigenvalue weighted by Gasteiger charge is 2.27. The van der Waals surface area contributed by atoms with Gasteiger partial charge in [-0.1, -0.05) is 28.8 Å². The summed E-state index contributed by atoms with van der Waals surface area (Å²) in [6.07, 6.45) is 4.49. The van der Waals surface area contributed by atoms with Crippen molar-refractivity contribution in [2.24, 2.45) is 0 Å². The zero-order valence-corrected chi connectivity index (χ0v) is 14.8. The number of hydrogen-bond acceptors (Lipinski definition) is 2. The third-order valence-corrected chi connectivity index (χ3v) is 4.77. The van der Waals surface area contributed by atoms with Gasteiger partial charge in [0, 0.05) is 16.2 Å². The van der Waals surface area contributed by atoms with Crippen molar-refractivity contribution in [2.45, 2.75) is 45.2 Å². The minimum Gasteiger partial charge on any atom is -0.464 e. The molecule has 1 heterocycles. The number of furan rings is 1. The van der Waals surface area contributed by atoms with Crippen molar-refractivity contribution < 1.29 is 9.21 Å². The number of aryl methyl sites for hydroxylation is 1. The molecule has 5 heteroatoms. The molecular weight excluding hydrogens is 356 g/mol. The highest BCUT2D eigenvalue weighted by Crippen LogP contribution is 2.26. The van der Waals surface area contributed by atoms with E-state index in [0.717, 1.165) is 34.5 Å². The van der Waals surface area contributed by atoms with Crippen LogP contribution >= 0.6 is 15.9 Å². The molecule has 1 aliphatic rings. The van der Waals surface area contributed by atoms with Gasteiger partial charge in [-0.05, 0) is 56.2 Å². The van der Waals surface area contributed by atoms with Crippen LogP contribution in [0.1, 0.15) is 37.2 Å². The second kappa shape index (κ2) is 7.21. The molecule has 0 radical (unpaired) electrons. The lowest BCUT2D eigenvalue weighted by Gasteiger charge is -2.28.